The number of para-hydroxylation sites is 1. The topological polar surface area (TPSA) is 85.4 Å². The first-order valence-corrected chi connectivity index (χ1v) is 12.6. The minimum absolute atomic E-state index is 0.00224. The van der Waals surface area contributed by atoms with Crippen molar-refractivity contribution in [2.45, 2.75) is 19.4 Å². The van der Waals surface area contributed by atoms with Gasteiger partial charge in [0.1, 0.15) is 17.3 Å². The number of rotatable bonds is 7. The fourth-order valence-corrected chi connectivity index (χ4v) is 4.32. The zero-order chi connectivity index (χ0) is 25.2. The second-order valence-electron chi connectivity index (χ2n) is 7.97. The summed E-state index contributed by atoms with van der Waals surface area (Å²) in [5.41, 5.74) is 1.10. The number of hydrogen-bond donors (Lipinski definition) is 1. The highest BCUT2D eigenvalue weighted by molar-refractivity contribution is 7.86. The van der Waals surface area contributed by atoms with Gasteiger partial charge in [-0.15, -0.1) is 0 Å². The predicted molar refractivity (Wildman–Crippen MR) is 130 cm³/mol. The van der Waals surface area contributed by atoms with E-state index in [4.69, 9.17) is 4.18 Å². The van der Waals surface area contributed by atoms with E-state index in [-0.39, 0.29) is 22.6 Å². The average Bonchev–Trinajstić information content (AvgIpc) is 2.81. The Morgan fingerprint density at radius 3 is 2.34 bits per heavy atom. The Balaban J connectivity index is 1.94. The number of halogens is 2. The third-order valence-electron chi connectivity index (χ3n) is 5.37. The molecule has 6 nitrogen and oxygen atoms in total. The van der Waals surface area contributed by atoms with E-state index in [1.807, 2.05) is 6.92 Å². The Labute approximate surface area is 201 Å². The number of amides is 1. The molecule has 0 spiro atoms. The van der Waals surface area contributed by atoms with Crippen LogP contribution in [0, 0.1) is 11.6 Å². The van der Waals surface area contributed by atoms with Gasteiger partial charge in [0.15, 0.2) is 5.75 Å². The number of fused-ring (bicyclic) bond motifs is 1. The van der Waals surface area contributed by atoms with Crippen molar-refractivity contribution in [3.8, 4) is 17.0 Å². The first kappa shape index (κ1) is 24.3. The summed E-state index contributed by atoms with van der Waals surface area (Å²) >= 11 is 0. The average molecular weight is 497 g/mol. The summed E-state index contributed by atoms with van der Waals surface area (Å²) in [6.45, 7) is 1.83. The van der Waals surface area contributed by atoms with Crippen molar-refractivity contribution < 1.29 is 26.2 Å². The maximum atomic E-state index is 14.0. The molecule has 0 aliphatic heterocycles. The zero-order valence-electron chi connectivity index (χ0n) is 19.0. The Morgan fingerprint density at radius 1 is 1.00 bits per heavy atom. The molecule has 4 aromatic rings. The molecule has 4 rings (SSSR count). The van der Waals surface area contributed by atoms with Gasteiger partial charge in [-0.25, -0.2) is 13.8 Å². The number of carbonyl (C=O) groups is 1. The van der Waals surface area contributed by atoms with Crippen LogP contribution >= 0.6 is 0 Å². The van der Waals surface area contributed by atoms with Gasteiger partial charge in [0.05, 0.1) is 23.4 Å². The molecule has 1 heterocycles. The van der Waals surface area contributed by atoms with Crippen molar-refractivity contribution >= 4 is 26.9 Å². The molecule has 0 fully saturated rings. The fraction of sp³-hybridized carbons (Fsp3) is 0.154. The SMILES string of the molecule is CCC(NC(=O)c1c(OS(C)(=O)=O)c(-c2cccc(F)c2)nc2ccccc12)c1cccc(F)c1. The summed E-state index contributed by atoms with van der Waals surface area (Å²) in [6.07, 6.45) is 1.29. The lowest BCUT2D eigenvalue weighted by Crippen LogP contribution is -2.29. The third kappa shape index (κ3) is 5.46. The van der Waals surface area contributed by atoms with Crippen molar-refractivity contribution in [2.24, 2.45) is 0 Å². The Bertz CT molecular complexity index is 1520. The first-order chi connectivity index (χ1) is 16.7. The minimum Gasteiger partial charge on any atom is -0.379 e. The second-order valence-corrected chi connectivity index (χ2v) is 9.54. The highest BCUT2D eigenvalue weighted by Gasteiger charge is 2.27. The van der Waals surface area contributed by atoms with Crippen LogP contribution in [0.25, 0.3) is 22.2 Å². The summed E-state index contributed by atoms with van der Waals surface area (Å²) in [7, 11) is -4.10. The molecule has 1 aromatic heterocycles. The van der Waals surface area contributed by atoms with Crippen LogP contribution in [0.4, 0.5) is 8.78 Å². The van der Waals surface area contributed by atoms with Crippen LogP contribution in [0.2, 0.25) is 0 Å². The fourth-order valence-electron chi connectivity index (χ4n) is 3.86. The minimum atomic E-state index is -4.10. The summed E-state index contributed by atoms with van der Waals surface area (Å²) < 4.78 is 57.6. The van der Waals surface area contributed by atoms with Gasteiger partial charge in [-0.1, -0.05) is 49.4 Å². The summed E-state index contributed by atoms with van der Waals surface area (Å²) in [4.78, 5) is 18.2. The van der Waals surface area contributed by atoms with Crippen LogP contribution in [-0.2, 0) is 10.1 Å². The van der Waals surface area contributed by atoms with Crippen LogP contribution in [0.15, 0.2) is 72.8 Å². The quantitative estimate of drug-likeness (QED) is 0.346. The van der Waals surface area contributed by atoms with Gasteiger partial charge in [-0.3, -0.25) is 4.79 Å². The van der Waals surface area contributed by atoms with E-state index in [9.17, 15) is 22.0 Å². The molecule has 9 heteroatoms. The van der Waals surface area contributed by atoms with E-state index >= 15 is 0 Å². The molecule has 1 amide bonds. The molecule has 0 aliphatic rings. The van der Waals surface area contributed by atoms with E-state index in [2.05, 4.69) is 10.3 Å². The number of benzene rings is 3. The zero-order valence-corrected chi connectivity index (χ0v) is 19.8. The monoisotopic (exact) mass is 496 g/mol. The predicted octanol–water partition coefficient (Wildman–Crippen LogP) is 5.40. The molecule has 1 unspecified atom stereocenters. The van der Waals surface area contributed by atoms with Crippen molar-refractivity contribution in [3.63, 3.8) is 0 Å². The van der Waals surface area contributed by atoms with Gasteiger partial charge in [-0.05, 0) is 42.3 Å². The van der Waals surface area contributed by atoms with Crippen LogP contribution < -0.4 is 9.50 Å². The van der Waals surface area contributed by atoms with Crippen LogP contribution in [0.3, 0.4) is 0 Å². The largest absolute Gasteiger partial charge is 0.379 e. The standard InChI is InChI=1S/C26H22F2N2O4S/c1-3-21(16-8-6-10-18(27)14-16)30-26(31)23-20-12-4-5-13-22(20)29-24(25(23)34-35(2,32)33)17-9-7-11-19(28)15-17/h4-15,21H,3H2,1-2H3,(H,30,31). The molecule has 0 bridgehead atoms. The van der Waals surface area contributed by atoms with E-state index in [0.717, 1.165) is 6.26 Å². The van der Waals surface area contributed by atoms with Crippen molar-refractivity contribution in [3.05, 3.63) is 95.6 Å². The molecule has 1 N–H and O–H groups in total. The van der Waals surface area contributed by atoms with Gasteiger partial charge < -0.3 is 9.50 Å². The smallest absolute Gasteiger partial charge is 0.306 e. The number of nitrogens with one attached hydrogen (secondary N) is 1. The van der Waals surface area contributed by atoms with Gasteiger partial charge in [0.2, 0.25) is 0 Å². The molecule has 0 radical (unpaired) electrons. The summed E-state index contributed by atoms with van der Waals surface area (Å²) in [5.74, 6) is -1.97. The van der Waals surface area contributed by atoms with Gasteiger partial charge in [0.25, 0.3) is 5.91 Å². The Morgan fingerprint density at radius 2 is 1.69 bits per heavy atom. The lowest BCUT2D eigenvalue weighted by atomic mass is 10.00. The molecule has 0 aliphatic carbocycles. The van der Waals surface area contributed by atoms with Gasteiger partial charge in [0, 0.05) is 10.9 Å². The van der Waals surface area contributed by atoms with E-state index in [0.29, 0.717) is 22.9 Å². The number of aromatic nitrogens is 1. The molecule has 1 atom stereocenters. The second kappa shape index (κ2) is 9.79. The van der Waals surface area contributed by atoms with Crippen LogP contribution in [-0.4, -0.2) is 25.6 Å². The van der Waals surface area contributed by atoms with E-state index < -0.39 is 33.7 Å². The normalized spacial score (nSPS) is 12.3. The van der Waals surface area contributed by atoms with Crippen molar-refractivity contribution in [1.29, 1.82) is 0 Å². The van der Waals surface area contributed by atoms with Crippen LogP contribution in [0.1, 0.15) is 35.3 Å². The molecule has 3 aromatic carbocycles. The summed E-state index contributed by atoms with van der Waals surface area (Å²) in [6, 6.07) is 17.4. The molecule has 0 saturated heterocycles. The number of pyridine rings is 1. The lowest BCUT2D eigenvalue weighted by molar-refractivity contribution is 0.0935. The third-order valence-corrected chi connectivity index (χ3v) is 5.84. The Kier molecular flexibility index (Phi) is 6.79. The van der Waals surface area contributed by atoms with E-state index in [1.165, 1.54) is 30.3 Å². The van der Waals surface area contributed by atoms with Crippen molar-refractivity contribution in [1.82, 2.24) is 10.3 Å². The molecule has 35 heavy (non-hydrogen) atoms. The lowest BCUT2D eigenvalue weighted by Gasteiger charge is -2.21. The van der Waals surface area contributed by atoms with Gasteiger partial charge >= 0.3 is 10.1 Å². The number of carbonyl (C=O) groups excluding carboxylic acids is 1. The Hall–Kier alpha value is -3.85. The van der Waals surface area contributed by atoms with Crippen molar-refractivity contribution in [2.75, 3.05) is 6.26 Å². The highest BCUT2D eigenvalue weighted by Crippen LogP contribution is 2.38. The molecule has 0 saturated carbocycles. The number of hydrogen-bond acceptors (Lipinski definition) is 5. The van der Waals surface area contributed by atoms with Gasteiger partial charge in [-0.2, -0.15) is 8.42 Å². The maximum Gasteiger partial charge on any atom is 0.306 e. The maximum absolute atomic E-state index is 14.0. The molecular weight excluding hydrogens is 474 g/mol. The van der Waals surface area contributed by atoms with Crippen LogP contribution in [0.5, 0.6) is 5.75 Å². The molecular formula is C26H22F2N2O4S. The summed E-state index contributed by atoms with van der Waals surface area (Å²) in [5, 5.41) is 3.20. The number of nitrogens with zero attached hydrogens (tertiary/aromatic N) is 1. The highest BCUT2D eigenvalue weighted by atomic mass is 32.2. The first-order valence-electron chi connectivity index (χ1n) is 10.8. The molecule has 180 valence electrons. The van der Waals surface area contributed by atoms with E-state index in [1.54, 1.807) is 42.5 Å².